The molecule has 3 N–H and O–H groups in total. The average molecular weight is 225 g/mol. The van der Waals surface area contributed by atoms with Gasteiger partial charge in [-0.15, -0.1) is 0 Å². The van der Waals surface area contributed by atoms with Crippen LogP contribution in [0.4, 0.5) is 5.69 Å². The lowest BCUT2D eigenvalue weighted by Crippen LogP contribution is -2.10. The second-order valence-corrected chi connectivity index (χ2v) is 4.94. The van der Waals surface area contributed by atoms with Gasteiger partial charge in [0.2, 0.25) is 9.84 Å². The lowest BCUT2D eigenvalue weighted by atomic mass is 10.2. The molecule has 0 aromatic heterocycles. The molecule has 78 valence electrons. The zero-order chi connectivity index (χ0) is 11.2. The summed E-state index contributed by atoms with van der Waals surface area (Å²) in [5, 5.41) is 8.72. The Morgan fingerprint density at radius 2 is 2.00 bits per heavy atom. The van der Waals surface area contributed by atoms with E-state index in [0.717, 1.165) is 6.08 Å². The number of sulfone groups is 1. The predicted octanol–water partition coefficient (Wildman–Crippen LogP) is 0.482. The molecule has 1 aliphatic rings. The summed E-state index contributed by atoms with van der Waals surface area (Å²) < 4.78 is 23.4. The second kappa shape index (κ2) is 2.83. The van der Waals surface area contributed by atoms with Gasteiger partial charge >= 0.3 is 5.97 Å². The molecule has 0 aliphatic carbocycles. The highest BCUT2D eigenvalue weighted by Gasteiger charge is 2.35. The van der Waals surface area contributed by atoms with Gasteiger partial charge in [0, 0.05) is 0 Å². The fourth-order valence-corrected chi connectivity index (χ4v) is 3.05. The Morgan fingerprint density at radius 3 is 2.53 bits per heavy atom. The largest absolute Gasteiger partial charge is 0.477 e. The number of nitrogen functional groups attached to an aromatic ring is 1. The number of hydrogen-bond acceptors (Lipinski definition) is 4. The van der Waals surface area contributed by atoms with Crippen molar-refractivity contribution in [3.63, 3.8) is 0 Å². The van der Waals surface area contributed by atoms with Gasteiger partial charge in [-0.1, -0.05) is 12.1 Å². The highest BCUT2D eigenvalue weighted by Crippen LogP contribution is 2.36. The third kappa shape index (κ3) is 1.22. The Balaban J connectivity index is 2.80. The Morgan fingerprint density at radius 1 is 1.33 bits per heavy atom. The van der Waals surface area contributed by atoms with Crippen molar-refractivity contribution >= 4 is 27.6 Å². The zero-order valence-electron chi connectivity index (χ0n) is 7.47. The molecule has 1 heterocycles. The SMILES string of the molecule is Nc1cccc2c1S(=O)(=O)C(C(=O)O)=C2. The fourth-order valence-electron chi connectivity index (χ4n) is 1.50. The van der Waals surface area contributed by atoms with Crippen molar-refractivity contribution in [2.45, 2.75) is 4.90 Å². The van der Waals surface area contributed by atoms with E-state index in [1.807, 2.05) is 0 Å². The third-order valence-corrected chi connectivity index (χ3v) is 4.01. The molecule has 0 fully saturated rings. The number of benzene rings is 1. The highest BCUT2D eigenvalue weighted by molar-refractivity contribution is 7.97. The predicted molar refractivity (Wildman–Crippen MR) is 53.7 cm³/mol. The molecule has 5 nitrogen and oxygen atoms in total. The molecule has 0 unspecified atom stereocenters. The quantitative estimate of drug-likeness (QED) is 0.677. The van der Waals surface area contributed by atoms with Gasteiger partial charge in [0.1, 0.15) is 4.90 Å². The van der Waals surface area contributed by atoms with Crippen LogP contribution in [0.3, 0.4) is 0 Å². The van der Waals surface area contributed by atoms with Crippen LogP contribution in [-0.4, -0.2) is 19.5 Å². The molecule has 15 heavy (non-hydrogen) atoms. The van der Waals surface area contributed by atoms with Gasteiger partial charge in [0.15, 0.2) is 4.91 Å². The van der Waals surface area contributed by atoms with Crippen LogP contribution >= 0.6 is 0 Å². The van der Waals surface area contributed by atoms with E-state index in [1.54, 1.807) is 6.07 Å². The number of nitrogens with two attached hydrogens (primary N) is 1. The number of fused-ring (bicyclic) bond motifs is 1. The van der Waals surface area contributed by atoms with Gasteiger partial charge in [0.25, 0.3) is 0 Å². The molecule has 2 rings (SSSR count). The number of carboxylic acid groups (broad SMARTS) is 1. The van der Waals surface area contributed by atoms with Crippen molar-refractivity contribution in [2.24, 2.45) is 0 Å². The smallest absolute Gasteiger partial charge is 0.347 e. The van der Waals surface area contributed by atoms with Crippen LogP contribution in [0.2, 0.25) is 0 Å². The molecular weight excluding hydrogens is 218 g/mol. The van der Waals surface area contributed by atoms with Gasteiger partial charge in [-0.05, 0) is 17.7 Å². The molecule has 0 saturated heterocycles. The van der Waals surface area contributed by atoms with E-state index >= 15 is 0 Å². The molecule has 0 spiro atoms. The Bertz CT molecular complexity index is 586. The van der Waals surface area contributed by atoms with E-state index in [2.05, 4.69) is 0 Å². The normalized spacial score (nSPS) is 16.9. The summed E-state index contributed by atoms with van der Waals surface area (Å²) in [6.07, 6.45) is 1.11. The monoisotopic (exact) mass is 225 g/mol. The van der Waals surface area contributed by atoms with E-state index in [1.165, 1.54) is 12.1 Å². The summed E-state index contributed by atoms with van der Waals surface area (Å²) >= 11 is 0. The molecule has 0 saturated carbocycles. The average Bonchev–Trinajstić information content (AvgIpc) is 2.39. The molecule has 0 radical (unpaired) electrons. The summed E-state index contributed by atoms with van der Waals surface area (Å²) in [5.41, 5.74) is 5.90. The van der Waals surface area contributed by atoms with Gasteiger partial charge in [-0.2, -0.15) is 0 Å². The van der Waals surface area contributed by atoms with Crippen molar-refractivity contribution in [1.29, 1.82) is 0 Å². The van der Waals surface area contributed by atoms with E-state index in [9.17, 15) is 13.2 Å². The van der Waals surface area contributed by atoms with Crippen molar-refractivity contribution in [2.75, 3.05) is 5.73 Å². The van der Waals surface area contributed by atoms with Crippen LogP contribution in [0.25, 0.3) is 6.08 Å². The Labute approximate surface area is 85.8 Å². The summed E-state index contributed by atoms with van der Waals surface area (Å²) in [4.78, 5) is 9.97. The van der Waals surface area contributed by atoms with Crippen molar-refractivity contribution in [3.8, 4) is 0 Å². The number of hydrogen-bond donors (Lipinski definition) is 2. The number of anilines is 1. The van der Waals surface area contributed by atoms with Crippen LogP contribution in [0.1, 0.15) is 5.56 Å². The van der Waals surface area contributed by atoms with Crippen LogP contribution in [0.5, 0.6) is 0 Å². The highest BCUT2D eigenvalue weighted by atomic mass is 32.2. The second-order valence-electron chi connectivity index (χ2n) is 3.08. The third-order valence-electron chi connectivity index (χ3n) is 2.13. The van der Waals surface area contributed by atoms with E-state index in [4.69, 9.17) is 10.8 Å². The number of aliphatic carboxylic acids is 1. The zero-order valence-corrected chi connectivity index (χ0v) is 8.28. The number of rotatable bonds is 1. The first-order chi connectivity index (χ1) is 6.94. The van der Waals surface area contributed by atoms with Gasteiger partial charge in [0.05, 0.1) is 5.69 Å². The lowest BCUT2D eigenvalue weighted by molar-refractivity contribution is -0.131. The standard InChI is InChI=1S/C9H7NO4S/c10-6-3-1-2-5-4-7(9(11)12)15(13,14)8(5)6/h1-4H,10H2,(H,11,12). The number of carbonyl (C=O) groups is 1. The van der Waals surface area contributed by atoms with Crippen LogP contribution < -0.4 is 5.73 Å². The summed E-state index contributed by atoms with van der Waals surface area (Å²) in [6.45, 7) is 0. The summed E-state index contributed by atoms with van der Waals surface area (Å²) in [7, 11) is -3.94. The van der Waals surface area contributed by atoms with Crippen LogP contribution in [0, 0.1) is 0 Å². The summed E-state index contributed by atoms with van der Waals surface area (Å²) in [6, 6.07) is 4.51. The minimum Gasteiger partial charge on any atom is -0.477 e. The molecule has 0 amide bonds. The first-order valence-corrected chi connectivity index (χ1v) is 5.51. The lowest BCUT2D eigenvalue weighted by Gasteiger charge is -2.02. The molecule has 6 heteroatoms. The van der Waals surface area contributed by atoms with Crippen molar-refractivity contribution in [1.82, 2.24) is 0 Å². The molecule has 0 atom stereocenters. The first kappa shape index (κ1) is 9.72. The van der Waals surface area contributed by atoms with Crippen molar-refractivity contribution in [3.05, 3.63) is 28.7 Å². The Hall–Kier alpha value is -1.82. The Kier molecular flexibility index (Phi) is 1.84. The van der Waals surface area contributed by atoms with Crippen molar-refractivity contribution < 1.29 is 18.3 Å². The minimum atomic E-state index is -3.94. The van der Waals surface area contributed by atoms with E-state index < -0.39 is 20.7 Å². The van der Waals surface area contributed by atoms with Crippen LogP contribution in [-0.2, 0) is 14.6 Å². The summed E-state index contributed by atoms with van der Waals surface area (Å²) in [5.74, 6) is -1.47. The maximum absolute atomic E-state index is 11.7. The topological polar surface area (TPSA) is 97.5 Å². The molecule has 1 aromatic carbocycles. The fraction of sp³-hybridized carbons (Fsp3) is 0. The maximum atomic E-state index is 11.7. The molecular formula is C9H7NO4S. The van der Waals surface area contributed by atoms with E-state index in [-0.39, 0.29) is 10.6 Å². The van der Waals surface area contributed by atoms with E-state index in [0.29, 0.717) is 5.56 Å². The molecule has 1 aliphatic heterocycles. The number of carboxylic acids is 1. The van der Waals surface area contributed by atoms with Gasteiger partial charge in [-0.3, -0.25) is 0 Å². The van der Waals surface area contributed by atoms with Gasteiger partial charge in [-0.25, -0.2) is 13.2 Å². The maximum Gasteiger partial charge on any atom is 0.347 e. The first-order valence-electron chi connectivity index (χ1n) is 4.03. The van der Waals surface area contributed by atoms with Crippen LogP contribution in [0.15, 0.2) is 28.0 Å². The molecule has 1 aromatic rings. The minimum absolute atomic E-state index is 0.0694. The molecule has 0 bridgehead atoms. The van der Waals surface area contributed by atoms with Gasteiger partial charge < -0.3 is 10.8 Å².